The largest absolute Gasteiger partial charge is 0.491 e. The highest BCUT2D eigenvalue weighted by Crippen LogP contribution is 2.28. The quantitative estimate of drug-likeness (QED) is 0.656. The van der Waals surface area contributed by atoms with Crippen LogP contribution in [0, 0.1) is 10.1 Å². The third kappa shape index (κ3) is 3.45. The van der Waals surface area contributed by atoms with Crippen molar-refractivity contribution >= 4 is 34.8 Å². The van der Waals surface area contributed by atoms with Crippen molar-refractivity contribution in [2.45, 2.75) is 0 Å². The Kier molecular flexibility index (Phi) is 4.77. The van der Waals surface area contributed by atoms with Crippen LogP contribution in [0.15, 0.2) is 36.4 Å². The maximum atomic E-state index is 12.5. The van der Waals surface area contributed by atoms with E-state index in [1.165, 1.54) is 29.2 Å². The van der Waals surface area contributed by atoms with E-state index < -0.39 is 10.8 Å². The molecule has 1 aliphatic heterocycles. The highest BCUT2D eigenvalue weighted by atomic mass is 35.5. The molecule has 1 heterocycles. The van der Waals surface area contributed by atoms with Gasteiger partial charge in [-0.15, -0.1) is 0 Å². The lowest BCUT2D eigenvalue weighted by Crippen LogP contribution is -2.27. The summed E-state index contributed by atoms with van der Waals surface area (Å²) in [6, 6.07) is 8.35. The summed E-state index contributed by atoms with van der Waals surface area (Å²) >= 11 is 5.85. The highest BCUT2D eigenvalue weighted by molar-refractivity contribution is 6.31. The molecule has 0 radical (unpaired) electrons. The zero-order valence-electron chi connectivity index (χ0n) is 13.7. The number of hydrogen-bond acceptors (Lipinski definition) is 5. The van der Waals surface area contributed by atoms with Crippen molar-refractivity contribution in [2.75, 3.05) is 25.5 Å². The standard InChI is InChI=1S/C17H14ClN3O5/c1-20-6-7-26-15-5-3-11(9-13(15)17(20)23)19-16(22)12-8-10(18)2-4-14(12)21(24)25/h2-5,8-9H,6-7H2,1H3,(H,19,22). The van der Waals surface area contributed by atoms with Gasteiger partial charge in [0.15, 0.2) is 0 Å². The molecule has 9 heteroatoms. The summed E-state index contributed by atoms with van der Waals surface area (Å²) < 4.78 is 5.52. The number of benzene rings is 2. The number of nitro benzene ring substituents is 1. The Balaban J connectivity index is 1.92. The lowest BCUT2D eigenvalue weighted by atomic mass is 10.1. The molecule has 0 unspecified atom stereocenters. The van der Waals surface area contributed by atoms with E-state index in [0.717, 1.165) is 0 Å². The molecule has 0 saturated heterocycles. The molecule has 1 N–H and O–H groups in total. The van der Waals surface area contributed by atoms with Gasteiger partial charge < -0.3 is 15.0 Å². The molecule has 3 rings (SSSR count). The van der Waals surface area contributed by atoms with Gasteiger partial charge in [0.25, 0.3) is 17.5 Å². The van der Waals surface area contributed by atoms with Crippen LogP contribution in [0.2, 0.25) is 5.02 Å². The van der Waals surface area contributed by atoms with Gasteiger partial charge in [-0.2, -0.15) is 0 Å². The van der Waals surface area contributed by atoms with E-state index >= 15 is 0 Å². The number of nitrogens with zero attached hydrogens (tertiary/aromatic N) is 2. The van der Waals surface area contributed by atoms with Gasteiger partial charge in [-0.05, 0) is 30.3 Å². The van der Waals surface area contributed by atoms with Crippen molar-refractivity contribution in [2.24, 2.45) is 0 Å². The maximum absolute atomic E-state index is 12.5. The van der Waals surface area contributed by atoms with Crippen LogP contribution in [0.5, 0.6) is 5.75 Å². The summed E-state index contributed by atoms with van der Waals surface area (Å²) in [5.41, 5.74) is 0.0941. The number of fused-ring (bicyclic) bond motifs is 1. The first-order chi connectivity index (χ1) is 12.4. The molecular formula is C17H14ClN3O5. The summed E-state index contributed by atoms with van der Waals surface area (Å²) in [5, 5.41) is 13.9. The predicted octanol–water partition coefficient (Wildman–Crippen LogP) is 2.96. The van der Waals surface area contributed by atoms with Crippen LogP contribution in [0.3, 0.4) is 0 Å². The van der Waals surface area contributed by atoms with E-state index in [-0.39, 0.29) is 22.2 Å². The number of nitrogens with one attached hydrogen (secondary N) is 1. The third-order valence-electron chi connectivity index (χ3n) is 3.90. The molecule has 0 fully saturated rings. The van der Waals surface area contributed by atoms with Crippen LogP contribution in [0.25, 0.3) is 0 Å². The van der Waals surface area contributed by atoms with E-state index in [1.54, 1.807) is 19.2 Å². The monoisotopic (exact) mass is 375 g/mol. The number of nitro groups is 1. The van der Waals surface area contributed by atoms with Gasteiger partial charge in [-0.3, -0.25) is 19.7 Å². The predicted molar refractivity (Wildman–Crippen MR) is 95.0 cm³/mol. The van der Waals surface area contributed by atoms with Gasteiger partial charge >= 0.3 is 0 Å². The third-order valence-corrected chi connectivity index (χ3v) is 4.13. The topological polar surface area (TPSA) is 102 Å². The second-order valence-corrected chi connectivity index (χ2v) is 6.10. The number of carbonyl (C=O) groups is 2. The maximum Gasteiger partial charge on any atom is 0.282 e. The molecule has 8 nitrogen and oxygen atoms in total. The minimum atomic E-state index is -0.700. The molecule has 0 bridgehead atoms. The number of halogens is 1. The van der Waals surface area contributed by atoms with Crippen LogP contribution >= 0.6 is 11.6 Å². The smallest absolute Gasteiger partial charge is 0.282 e. The van der Waals surface area contributed by atoms with Gasteiger partial charge in [0, 0.05) is 23.8 Å². The molecule has 0 spiro atoms. The first-order valence-corrected chi connectivity index (χ1v) is 8.02. The second kappa shape index (κ2) is 7.01. The minimum Gasteiger partial charge on any atom is -0.491 e. The lowest BCUT2D eigenvalue weighted by molar-refractivity contribution is -0.385. The zero-order valence-corrected chi connectivity index (χ0v) is 14.4. The Morgan fingerprint density at radius 3 is 2.81 bits per heavy atom. The van der Waals surface area contributed by atoms with E-state index in [2.05, 4.69) is 5.32 Å². The van der Waals surface area contributed by atoms with Gasteiger partial charge in [0.1, 0.15) is 17.9 Å². The van der Waals surface area contributed by atoms with Gasteiger partial charge in [-0.1, -0.05) is 11.6 Å². The fourth-order valence-electron chi connectivity index (χ4n) is 2.55. The molecule has 26 heavy (non-hydrogen) atoms. The molecule has 0 atom stereocenters. The molecule has 0 aliphatic carbocycles. The first kappa shape index (κ1) is 17.7. The minimum absolute atomic E-state index is 0.169. The fourth-order valence-corrected chi connectivity index (χ4v) is 2.72. The molecule has 1 aliphatic rings. The van der Waals surface area contributed by atoms with Crippen molar-refractivity contribution < 1.29 is 19.2 Å². The molecule has 0 saturated carbocycles. The Hall–Kier alpha value is -3.13. The first-order valence-electron chi connectivity index (χ1n) is 7.64. The average Bonchev–Trinajstić information content (AvgIpc) is 2.74. The number of ether oxygens (including phenoxy) is 1. The highest BCUT2D eigenvalue weighted by Gasteiger charge is 2.23. The van der Waals surface area contributed by atoms with Crippen molar-refractivity contribution in [3.63, 3.8) is 0 Å². The van der Waals surface area contributed by atoms with Crippen molar-refractivity contribution in [1.29, 1.82) is 0 Å². The Bertz CT molecular complexity index is 915. The van der Waals surface area contributed by atoms with E-state index in [9.17, 15) is 19.7 Å². The Morgan fingerprint density at radius 2 is 2.08 bits per heavy atom. The van der Waals surface area contributed by atoms with E-state index in [4.69, 9.17) is 16.3 Å². The van der Waals surface area contributed by atoms with Crippen LogP contribution in [-0.2, 0) is 0 Å². The summed E-state index contributed by atoms with van der Waals surface area (Å²) in [7, 11) is 1.65. The van der Waals surface area contributed by atoms with Crippen molar-refractivity contribution in [1.82, 2.24) is 4.90 Å². The molecule has 2 amide bonds. The zero-order chi connectivity index (χ0) is 18.8. The molecular weight excluding hydrogens is 362 g/mol. The second-order valence-electron chi connectivity index (χ2n) is 5.66. The number of rotatable bonds is 3. The summed E-state index contributed by atoms with van der Waals surface area (Å²) in [6.07, 6.45) is 0. The van der Waals surface area contributed by atoms with Crippen LogP contribution < -0.4 is 10.1 Å². The average molecular weight is 376 g/mol. The van der Waals surface area contributed by atoms with Crippen molar-refractivity contribution in [3.8, 4) is 5.75 Å². The van der Waals surface area contributed by atoms with Crippen LogP contribution in [0.1, 0.15) is 20.7 Å². The number of likely N-dealkylation sites (N-methyl/N-ethyl adjacent to an activating group) is 1. The molecule has 134 valence electrons. The Labute approximate surface area is 153 Å². The normalized spacial score (nSPS) is 13.5. The van der Waals surface area contributed by atoms with Crippen LogP contribution in [-0.4, -0.2) is 41.8 Å². The SMILES string of the molecule is CN1CCOc2ccc(NC(=O)c3cc(Cl)ccc3[N+](=O)[O-])cc2C1=O. The van der Waals surface area contributed by atoms with E-state index in [1.807, 2.05) is 0 Å². The number of hydrogen-bond donors (Lipinski definition) is 1. The Morgan fingerprint density at radius 1 is 1.31 bits per heavy atom. The van der Waals surface area contributed by atoms with Gasteiger partial charge in [0.2, 0.25) is 0 Å². The summed E-state index contributed by atoms with van der Waals surface area (Å²) in [4.78, 5) is 36.8. The molecule has 2 aromatic carbocycles. The number of carbonyl (C=O) groups excluding carboxylic acids is 2. The fraction of sp³-hybridized carbons (Fsp3) is 0.176. The van der Waals surface area contributed by atoms with Gasteiger partial charge in [0.05, 0.1) is 17.0 Å². The molecule has 2 aromatic rings. The van der Waals surface area contributed by atoms with Crippen molar-refractivity contribution in [3.05, 3.63) is 62.7 Å². The van der Waals surface area contributed by atoms with Gasteiger partial charge in [-0.25, -0.2) is 0 Å². The number of amides is 2. The molecule has 0 aromatic heterocycles. The summed E-state index contributed by atoms with van der Waals surface area (Å²) in [5.74, 6) is -0.511. The van der Waals surface area contributed by atoms with Crippen LogP contribution in [0.4, 0.5) is 11.4 Å². The number of anilines is 1. The van der Waals surface area contributed by atoms with E-state index in [0.29, 0.717) is 30.2 Å². The lowest BCUT2D eigenvalue weighted by Gasteiger charge is -2.13. The summed E-state index contributed by atoms with van der Waals surface area (Å²) in [6.45, 7) is 0.819.